The molecule has 2 rings (SSSR count). The number of hydrogen-bond acceptors (Lipinski definition) is 2. The van der Waals surface area contributed by atoms with Crippen molar-refractivity contribution in [2.45, 2.75) is 13.0 Å². The molecule has 0 saturated heterocycles. The Hall–Kier alpha value is -1.10. The van der Waals surface area contributed by atoms with Crippen LogP contribution in [-0.4, -0.2) is 5.11 Å². The van der Waals surface area contributed by atoms with E-state index in [0.717, 1.165) is 4.47 Å². The predicted molar refractivity (Wildman–Crippen MR) is 76.3 cm³/mol. The number of halogens is 3. The molecule has 2 aromatic carbocycles. The van der Waals surface area contributed by atoms with E-state index in [4.69, 9.17) is 16.3 Å². The first-order valence-corrected chi connectivity index (χ1v) is 6.75. The van der Waals surface area contributed by atoms with E-state index in [1.165, 1.54) is 12.1 Å². The van der Waals surface area contributed by atoms with Crippen LogP contribution in [0.2, 0.25) is 5.02 Å². The SMILES string of the molecule is CC(O)c1cc(Br)ccc1Oc1ccc(Cl)c(F)c1. The average molecular weight is 346 g/mol. The molecule has 0 spiro atoms. The quantitative estimate of drug-likeness (QED) is 0.840. The van der Waals surface area contributed by atoms with Gasteiger partial charge in [-0.15, -0.1) is 0 Å². The van der Waals surface area contributed by atoms with Crippen LogP contribution in [0.1, 0.15) is 18.6 Å². The van der Waals surface area contributed by atoms with E-state index in [1.807, 2.05) is 0 Å². The van der Waals surface area contributed by atoms with Gasteiger partial charge >= 0.3 is 0 Å². The molecule has 0 heterocycles. The summed E-state index contributed by atoms with van der Waals surface area (Å²) in [6.45, 7) is 1.64. The van der Waals surface area contributed by atoms with Gasteiger partial charge in [0, 0.05) is 16.1 Å². The highest BCUT2D eigenvalue weighted by Gasteiger charge is 2.11. The van der Waals surface area contributed by atoms with Crippen molar-refractivity contribution in [3.8, 4) is 11.5 Å². The van der Waals surface area contributed by atoms with Crippen LogP contribution in [0.3, 0.4) is 0 Å². The zero-order chi connectivity index (χ0) is 14.0. The maximum Gasteiger partial charge on any atom is 0.145 e. The van der Waals surface area contributed by atoms with Gasteiger partial charge in [0.15, 0.2) is 0 Å². The molecule has 2 aromatic rings. The summed E-state index contributed by atoms with van der Waals surface area (Å²) in [7, 11) is 0. The van der Waals surface area contributed by atoms with E-state index in [2.05, 4.69) is 15.9 Å². The summed E-state index contributed by atoms with van der Waals surface area (Å²) in [5.74, 6) is 0.251. The number of hydrogen-bond donors (Lipinski definition) is 1. The van der Waals surface area contributed by atoms with Crippen molar-refractivity contribution in [3.05, 3.63) is 57.3 Å². The van der Waals surface area contributed by atoms with E-state index in [0.29, 0.717) is 17.1 Å². The van der Waals surface area contributed by atoms with Crippen molar-refractivity contribution < 1.29 is 14.2 Å². The van der Waals surface area contributed by atoms with Gasteiger partial charge in [0.2, 0.25) is 0 Å². The van der Waals surface area contributed by atoms with Gasteiger partial charge in [-0.3, -0.25) is 0 Å². The second kappa shape index (κ2) is 5.90. The first-order chi connectivity index (χ1) is 8.97. The van der Waals surface area contributed by atoms with Crippen molar-refractivity contribution in [2.75, 3.05) is 0 Å². The fourth-order valence-electron chi connectivity index (χ4n) is 1.61. The lowest BCUT2D eigenvalue weighted by atomic mass is 10.1. The van der Waals surface area contributed by atoms with Gasteiger partial charge in [-0.1, -0.05) is 27.5 Å². The summed E-state index contributed by atoms with van der Waals surface area (Å²) in [6.07, 6.45) is -0.690. The summed E-state index contributed by atoms with van der Waals surface area (Å²) < 4.78 is 19.8. The standard InChI is InChI=1S/C14H11BrClFO2/c1-8(18)11-6-9(15)2-5-14(11)19-10-3-4-12(16)13(17)7-10/h2-8,18H,1H3. The minimum absolute atomic E-state index is 0.0407. The summed E-state index contributed by atoms with van der Waals surface area (Å²) >= 11 is 8.94. The number of ether oxygens (including phenoxy) is 1. The Labute approximate surface area is 123 Å². The highest BCUT2D eigenvalue weighted by atomic mass is 79.9. The number of aliphatic hydroxyl groups excluding tert-OH is 1. The van der Waals surface area contributed by atoms with E-state index in [1.54, 1.807) is 31.2 Å². The Morgan fingerprint density at radius 2 is 2.00 bits per heavy atom. The first kappa shape index (κ1) is 14.3. The predicted octanol–water partition coefficient (Wildman–Crippen LogP) is 5.09. The molecule has 0 radical (unpaired) electrons. The van der Waals surface area contributed by atoms with Gasteiger partial charge in [0.1, 0.15) is 17.3 Å². The minimum Gasteiger partial charge on any atom is -0.457 e. The highest BCUT2D eigenvalue weighted by Crippen LogP contribution is 2.33. The molecule has 0 saturated carbocycles. The van der Waals surface area contributed by atoms with Crippen LogP contribution in [0.25, 0.3) is 0 Å². The molecule has 0 aliphatic carbocycles. The Bertz CT molecular complexity index is 602. The molecule has 19 heavy (non-hydrogen) atoms. The smallest absolute Gasteiger partial charge is 0.145 e. The van der Waals surface area contributed by atoms with E-state index < -0.39 is 11.9 Å². The maximum absolute atomic E-state index is 13.3. The van der Waals surface area contributed by atoms with Crippen LogP contribution in [0, 0.1) is 5.82 Å². The molecule has 1 unspecified atom stereocenters. The molecule has 0 bridgehead atoms. The first-order valence-electron chi connectivity index (χ1n) is 5.58. The maximum atomic E-state index is 13.3. The van der Waals surface area contributed by atoms with E-state index in [-0.39, 0.29) is 5.02 Å². The number of benzene rings is 2. The second-order valence-electron chi connectivity index (χ2n) is 4.04. The van der Waals surface area contributed by atoms with Crippen LogP contribution in [0.4, 0.5) is 4.39 Å². The minimum atomic E-state index is -0.690. The topological polar surface area (TPSA) is 29.5 Å². The average Bonchev–Trinajstić information content (AvgIpc) is 2.36. The molecule has 1 N–H and O–H groups in total. The molecule has 100 valence electrons. The van der Waals surface area contributed by atoms with Gasteiger partial charge in [0.05, 0.1) is 11.1 Å². The molecule has 2 nitrogen and oxygen atoms in total. The molecule has 5 heteroatoms. The summed E-state index contributed by atoms with van der Waals surface area (Å²) in [5.41, 5.74) is 0.615. The van der Waals surface area contributed by atoms with Gasteiger partial charge in [-0.2, -0.15) is 0 Å². The zero-order valence-electron chi connectivity index (χ0n) is 10.0. The molecule has 0 aliphatic rings. The molecule has 0 aromatic heterocycles. The van der Waals surface area contributed by atoms with Crippen LogP contribution < -0.4 is 4.74 Å². The van der Waals surface area contributed by atoms with Gasteiger partial charge in [-0.05, 0) is 37.3 Å². The highest BCUT2D eigenvalue weighted by molar-refractivity contribution is 9.10. The van der Waals surface area contributed by atoms with Crippen LogP contribution in [0.15, 0.2) is 40.9 Å². The lowest BCUT2D eigenvalue weighted by Crippen LogP contribution is -1.96. The van der Waals surface area contributed by atoms with Gasteiger partial charge in [-0.25, -0.2) is 4.39 Å². The van der Waals surface area contributed by atoms with Gasteiger partial charge in [0.25, 0.3) is 0 Å². The molecular weight excluding hydrogens is 335 g/mol. The zero-order valence-corrected chi connectivity index (χ0v) is 12.4. The third kappa shape index (κ3) is 3.47. The lowest BCUT2D eigenvalue weighted by Gasteiger charge is -2.13. The second-order valence-corrected chi connectivity index (χ2v) is 5.36. The molecule has 1 atom stereocenters. The molecule has 0 fully saturated rings. The molecule has 0 aliphatic heterocycles. The number of rotatable bonds is 3. The fourth-order valence-corrected chi connectivity index (χ4v) is 2.10. The third-order valence-corrected chi connectivity index (χ3v) is 3.34. The monoisotopic (exact) mass is 344 g/mol. The van der Waals surface area contributed by atoms with Crippen molar-refractivity contribution in [2.24, 2.45) is 0 Å². The van der Waals surface area contributed by atoms with Crippen LogP contribution in [-0.2, 0) is 0 Å². The van der Waals surface area contributed by atoms with Crippen LogP contribution >= 0.6 is 27.5 Å². The summed E-state index contributed by atoms with van der Waals surface area (Å²) in [4.78, 5) is 0. The fraction of sp³-hybridized carbons (Fsp3) is 0.143. The van der Waals surface area contributed by atoms with Crippen molar-refractivity contribution in [1.82, 2.24) is 0 Å². The normalized spacial score (nSPS) is 12.3. The van der Waals surface area contributed by atoms with Gasteiger partial charge < -0.3 is 9.84 Å². The van der Waals surface area contributed by atoms with Crippen LogP contribution in [0.5, 0.6) is 11.5 Å². The lowest BCUT2D eigenvalue weighted by molar-refractivity contribution is 0.195. The molecular formula is C14H11BrClFO2. The van der Waals surface area contributed by atoms with Crippen molar-refractivity contribution in [1.29, 1.82) is 0 Å². The van der Waals surface area contributed by atoms with Crippen molar-refractivity contribution in [3.63, 3.8) is 0 Å². The summed E-state index contributed by atoms with van der Waals surface area (Å²) in [6, 6.07) is 9.45. The van der Waals surface area contributed by atoms with E-state index in [9.17, 15) is 9.50 Å². The molecule has 0 amide bonds. The Balaban J connectivity index is 2.35. The summed E-state index contributed by atoms with van der Waals surface area (Å²) in [5, 5.41) is 9.75. The largest absolute Gasteiger partial charge is 0.457 e. The van der Waals surface area contributed by atoms with Crippen molar-refractivity contribution >= 4 is 27.5 Å². The third-order valence-electron chi connectivity index (χ3n) is 2.54. The number of aliphatic hydroxyl groups is 1. The van der Waals surface area contributed by atoms with E-state index >= 15 is 0 Å². The Morgan fingerprint density at radius 3 is 2.63 bits per heavy atom. The Kier molecular flexibility index (Phi) is 4.45. The Morgan fingerprint density at radius 1 is 1.26 bits per heavy atom.